The summed E-state index contributed by atoms with van der Waals surface area (Å²) < 4.78 is 0. The number of fused-ring (bicyclic) bond motifs is 1. The summed E-state index contributed by atoms with van der Waals surface area (Å²) in [6, 6.07) is 21.4. The van der Waals surface area contributed by atoms with E-state index in [0.29, 0.717) is 44.0 Å². The molecule has 2 amide bonds. The zero-order chi connectivity index (χ0) is 20.2. The van der Waals surface area contributed by atoms with Crippen LogP contribution in [0.25, 0.3) is 10.8 Å². The summed E-state index contributed by atoms with van der Waals surface area (Å²) in [5.74, 6) is 0.146. The lowest BCUT2D eigenvalue weighted by atomic mass is 10.0. The van der Waals surface area contributed by atoms with Crippen LogP contribution in [-0.2, 0) is 11.2 Å². The van der Waals surface area contributed by atoms with E-state index in [1.54, 1.807) is 0 Å². The Morgan fingerprint density at radius 2 is 1.45 bits per heavy atom. The molecule has 1 aliphatic rings. The molecule has 148 valence electrons. The molecule has 1 fully saturated rings. The predicted octanol–water partition coefficient (Wildman–Crippen LogP) is 4.41. The van der Waals surface area contributed by atoms with Gasteiger partial charge in [0.05, 0.1) is 0 Å². The molecule has 0 N–H and O–H groups in total. The fourth-order valence-corrected chi connectivity index (χ4v) is 4.07. The Hall–Kier alpha value is -2.85. The maximum absolute atomic E-state index is 13.0. The van der Waals surface area contributed by atoms with Crippen molar-refractivity contribution in [3.05, 3.63) is 82.9 Å². The van der Waals surface area contributed by atoms with Crippen LogP contribution in [0, 0.1) is 0 Å². The summed E-state index contributed by atoms with van der Waals surface area (Å²) in [7, 11) is 0. The second-order valence-corrected chi connectivity index (χ2v) is 7.70. The lowest BCUT2D eigenvalue weighted by Gasteiger charge is -2.35. The number of hydrogen-bond acceptors (Lipinski definition) is 2. The maximum Gasteiger partial charge on any atom is 0.254 e. The second-order valence-electron chi connectivity index (χ2n) is 7.29. The largest absolute Gasteiger partial charge is 0.339 e. The van der Waals surface area contributed by atoms with Crippen LogP contribution in [0.2, 0.25) is 5.02 Å². The molecule has 4 nitrogen and oxygen atoms in total. The van der Waals surface area contributed by atoms with Crippen LogP contribution >= 0.6 is 11.6 Å². The minimum Gasteiger partial charge on any atom is -0.339 e. The first-order valence-corrected chi connectivity index (χ1v) is 10.3. The third kappa shape index (κ3) is 4.28. The van der Waals surface area contributed by atoms with E-state index in [1.807, 2.05) is 76.5 Å². The lowest BCUT2D eigenvalue weighted by Crippen LogP contribution is -2.50. The Morgan fingerprint density at radius 3 is 2.24 bits per heavy atom. The molecule has 1 saturated heterocycles. The minimum atomic E-state index is 0.0324. The van der Waals surface area contributed by atoms with Gasteiger partial charge in [-0.15, -0.1) is 0 Å². The summed E-state index contributed by atoms with van der Waals surface area (Å²) >= 11 is 6.18. The van der Waals surface area contributed by atoms with E-state index in [-0.39, 0.29) is 11.8 Å². The van der Waals surface area contributed by atoms with Gasteiger partial charge in [-0.05, 0) is 34.9 Å². The van der Waals surface area contributed by atoms with E-state index in [2.05, 4.69) is 0 Å². The Bertz CT molecular complexity index is 1040. The van der Waals surface area contributed by atoms with Crippen molar-refractivity contribution in [1.82, 2.24) is 9.80 Å². The van der Waals surface area contributed by atoms with E-state index >= 15 is 0 Å². The van der Waals surface area contributed by atoms with Gasteiger partial charge in [0.1, 0.15) is 0 Å². The van der Waals surface area contributed by atoms with Crippen molar-refractivity contribution >= 4 is 34.2 Å². The van der Waals surface area contributed by atoms with Gasteiger partial charge in [0.25, 0.3) is 5.91 Å². The molecule has 1 aliphatic heterocycles. The highest BCUT2D eigenvalue weighted by atomic mass is 35.5. The molecule has 0 spiro atoms. The quantitative estimate of drug-likeness (QED) is 0.643. The number of nitrogens with zero attached hydrogens (tertiary/aromatic N) is 2. The number of halogens is 1. The smallest absolute Gasteiger partial charge is 0.254 e. The Morgan fingerprint density at radius 1 is 0.793 bits per heavy atom. The molecule has 0 unspecified atom stereocenters. The molecule has 0 atom stereocenters. The van der Waals surface area contributed by atoms with Crippen molar-refractivity contribution in [3.8, 4) is 0 Å². The van der Waals surface area contributed by atoms with Crippen molar-refractivity contribution < 1.29 is 9.59 Å². The molecule has 3 aromatic rings. The molecule has 0 bridgehead atoms. The molecular weight excluding hydrogens is 384 g/mol. The summed E-state index contributed by atoms with van der Waals surface area (Å²) in [6.07, 6.45) is 1.06. The second kappa shape index (κ2) is 8.66. The van der Waals surface area contributed by atoms with Crippen molar-refractivity contribution in [3.63, 3.8) is 0 Å². The molecule has 5 heteroatoms. The van der Waals surface area contributed by atoms with E-state index in [4.69, 9.17) is 11.6 Å². The molecule has 29 heavy (non-hydrogen) atoms. The number of piperazine rings is 1. The Balaban J connectivity index is 1.36. The number of amides is 2. The van der Waals surface area contributed by atoms with Gasteiger partial charge in [-0.3, -0.25) is 9.59 Å². The number of aryl methyl sites for hydroxylation is 1. The normalized spacial score (nSPS) is 14.2. The first-order valence-electron chi connectivity index (χ1n) is 9.92. The first-order chi connectivity index (χ1) is 14.1. The average molecular weight is 407 g/mol. The molecule has 0 aliphatic carbocycles. The van der Waals surface area contributed by atoms with Gasteiger partial charge in [-0.2, -0.15) is 0 Å². The summed E-state index contributed by atoms with van der Waals surface area (Å²) in [4.78, 5) is 29.3. The van der Waals surface area contributed by atoms with Crippen LogP contribution in [0.5, 0.6) is 0 Å². The van der Waals surface area contributed by atoms with E-state index in [9.17, 15) is 9.59 Å². The van der Waals surface area contributed by atoms with Crippen LogP contribution in [0.1, 0.15) is 22.3 Å². The highest BCUT2D eigenvalue weighted by Gasteiger charge is 2.25. The van der Waals surface area contributed by atoms with Gasteiger partial charge in [0, 0.05) is 43.2 Å². The topological polar surface area (TPSA) is 40.6 Å². The molecule has 4 rings (SSSR count). The van der Waals surface area contributed by atoms with Crippen molar-refractivity contribution in [2.24, 2.45) is 0 Å². The number of carbonyl (C=O) groups is 2. The molecule has 3 aromatic carbocycles. The number of hydrogen-bond donors (Lipinski definition) is 0. The maximum atomic E-state index is 13.0. The van der Waals surface area contributed by atoms with Gasteiger partial charge in [0.15, 0.2) is 0 Å². The van der Waals surface area contributed by atoms with Gasteiger partial charge in [-0.1, -0.05) is 66.2 Å². The summed E-state index contributed by atoms with van der Waals surface area (Å²) in [5.41, 5.74) is 1.72. The average Bonchev–Trinajstić information content (AvgIpc) is 2.77. The molecular formula is C24H23ClN2O2. The Kier molecular flexibility index (Phi) is 5.81. The molecule has 1 heterocycles. The summed E-state index contributed by atoms with van der Waals surface area (Å²) in [6.45, 7) is 2.25. The van der Waals surface area contributed by atoms with E-state index in [0.717, 1.165) is 21.9 Å². The number of rotatable bonds is 4. The van der Waals surface area contributed by atoms with Gasteiger partial charge < -0.3 is 9.80 Å². The fraction of sp³-hybridized carbons (Fsp3) is 0.250. The molecule has 0 aromatic heterocycles. The van der Waals surface area contributed by atoms with Crippen LogP contribution in [0.4, 0.5) is 0 Å². The first kappa shape index (κ1) is 19.5. The van der Waals surface area contributed by atoms with Gasteiger partial charge in [0.2, 0.25) is 5.91 Å². The number of benzene rings is 3. The van der Waals surface area contributed by atoms with Crippen molar-refractivity contribution in [2.75, 3.05) is 26.2 Å². The van der Waals surface area contributed by atoms with Gasteiger partial charge >= 0.3 is 0 Å². The van der Waals surface area contributed by atoms with Crippen LogP contribution in [-0.4, -0.2) is 47.8 Å². The standard InChI is InChI=1S/C24H23ClN2O2/c25-22-11-4-2-7-19(22)12-13-23(28)26-14-16-27(17-15-26)24(29)21-10-5-8-18-6-1-3-9-20(18)21/h1-11H,12-17H2. The van der Waals surface area contributed by atoms with Crippen LogP contribution < -0.4 is 0 Å². The van der Waals surface area contributed by atoms with Crippen molar-refractivity contribution in [1.29, 1.82) is 0 Å². The van der Waals surface area contributed by atoms with E-state index < -0.39 is 0 Å². The predicted molar refractivity (Wildman–Crippen MR) is 116 cm³/mol. The summed E-state index contributed by atoms with van der Waals surface area (Å²) in [5, 5.41) is 2.73. The van der Waals surface area contributed by atoms with Crippen molar-refractivity contribution in [2.45, 2.75) is 12.8 Å². The fourth-order valence-electron chi connectivity index (χ4n) is 3.84. The SMILES string of the molecule is O=C(CCc1ccccc1Cl)N1CCN(C(=O)c2cccc3ccccc23)CC1. The highest BCUT2D eigenvalue weighted by molar-refractivity contribution is 6.31. The van der Waals surface area contributed by atoms with E-state index in [1.165, 1.54) is 0 Å². The number of carbonyl (C=O) groups excluding carboxylic acids is 2. The minimum absolute atomic E-state index is 0.0324. The zero-order valence-corrected chi connectivity index (χ0v) is 16.9. The highest BCUT2D eigenvalue weighted by Crippen LogP contribution is 2.21. The third-order valence-electron chi connectivity index (χ3n) is 5.51. The van der Waals surface area contributed by atoms with Gasteiger partial charge in [-0.25, -0.2) is 0 Å². The monoisotopic (exact) mass is 406 g/mol. The Labute approximate surface area is 175 Å². The third-order valence-corrected chi connectivity index (χ3v) is 5.87. The lowest BCUT2D eigenvalue weighted by molar-refractivity contribution is -0.132. The van der Waals surface area contributed by atoms with Crippen LogP contribution in [0.15, 0.2) is 66.7 Å². The molecule has 0 saturated carbocycles. The molecule has 0 radical (unpaired) electrons. The van der Waals surface area contributed by atoms with Crippen LogP contribution in [0.3, 0.4) is 0 Å². The zero-order valence-electron chi connectivity index (χ0n) is 16.2.